The fourth-order valence-electron chi connectivity index (χ4n) is 4.74. The summed E-state index contributed by atoms with van der Waals surface area (Å²) in [6, 6.07) is 2.98. The molecule has 1 aliphatic carbocycles. The van der Waals surface area contributed by atoms with Crippen LogP contribution in [0.3, 0.4) is 0 Å². The van der Waals surface area contributed by atoms with Gasteiger partial charge in [0.1, 0.15) is 25.1 Å². The normalized spacial score (nSPS) is 18.7. The number of nitrogens with zero attached hydrogens (tertiary/aromatic N) is 1. The first kappa shape index (κ1) is 32.1. The van der Waals surface area contributed by atoms with Gasteiger partial charge in [0.05, 0.1) is 17.9 Å². The van der Waals surface area contributed by atoms with E-state index in [1.165, 1.54) is 0 Å². The van der Waals surface area contributed by atoms with Crippen LogP contribution in [0.15, 0.2) is 18.2 Å². The van der Waals surface area contributed by atoms with E-state index in [0.29, 0.717) is 12.8 Å². The molecule has 0 saturated heterocycles. The lowest BCUT2D eigenvalue weighted by Gasteiger charge is -2.33. The number of alkyl halides is 5. The Balaban J connectivity index is 1.73. The Morgan fingerprint density at radius 3 is 2.38 bits per heavy atom. The molecule has 1 heterocycles. The molecule has 11 heteroatoms. The summed E-state index contributed by atoms with van der Waals surface area (Å²) in [7, 11) is 0. The lowest BCUT2D eigenvalue weighted by molar-refractivity contribution is -0.160. The highest BCUT2D eigenvalue weighted by Gasteiger charge is 2.49. The number of hydrogen-bond donors (Lipinski definition) is 0. The minimum Gasteiger partial charge on any atom is -0.487 e. The molecule has 0 aliphatic heterocycles. The van der Waals surface area contributed by atoms with E-state index in [-0.39, 0.29) is 31.2 Å². The highest BCUT2D eigenvalue weighted by molar-refractivity contribution is 5.63. The van der Waals surface area contributed by atoms with Gasteiger partial charge in [-0.25, -0.2) is 22.5 Å². The highest BCUT2D eigenvalue weighted by Crippen LogP contribution is 2.44. The molecule has 0 saturated carbocycles. The Bertz CT molecular complexity index is 1120. The number of unbranched alkanes of at least 4 members (excludes halogenated alkanes) is 3. The van der Waals surface area contributed by atoms with Crippen molar-refractivity contribution >= 4 is 0 Å². The van der Waals surface area contributed by atoms with Gasteiger partial charge in [0.25, 0.3) is 0 Å². The van der Waals surface area contributed by atoms with Crippen LogP contribution in [0.5, 0.6) is 5.75 Å². The summed E-state index contributed by atoms with van der Waals surface area (Å²) in [6.45, 7) is 2.29. The molecule has 40 heavy (non-hydrogen) atoms. The predicted molar refractivity (Wildman–Crippen MR) is 135 cm³/mol. The van der Waals surface area contributed by atoms with Crippen LogP contribution in [-0.4, -0.2) is 42.8 Å². The van der Waals surface area contributed by atoms with Crippen molar-refractivity contribution < 1.29 is 44.6 Å². The smallest absolute Gasteiger partial charge is 0.303 e. The number of ether oxygens (including phenoxy) is 2. The first-order valence-electron chi connectivity index (χ1n) is 13.7. The van der Waals surface area contributed by atoms with Gasteiger partial charge in [-0.05, 0) is 49.4 Å². The average molecular weight is 582 g/mol. The predicted octanol–water partition coefficient (Wildman–Crippen LogP) is 8.75. The minimum atomic E-state index is -3.82. The van der Waals surface area contributed by atoms with Crippen LogP contribution in [0.1, 0.15) is 76.3 Å². The summed E-state index contributed by atoms with van der Waals surface area (Å²) in [5.74, 6) is -9.13. The number of fused-ring (bicyclic) bond motifs is 1. The molecule has 4 atom stereocenters. The Kier molecular flexibility index (Phi) is 11.6. The molecule has 1 aromatic heterocycles. The van der Waals surface area contributed by atoms with Gasteiger partial charge in [0, 0.05) is 5.56 Å². The number of pyridine rings is 1. The Labute approximate surface area is 229 Å². The maximum atomic E-state index is 15.2. The molecule has 0 N–H and O–H groups in total. The summed E-state index contributed by atoms with van der Waals surface area (Å²) in [6.07, 6.45) is -3.49. The third-order valence-electron chi connectivity index (χ3n) is 7.00. The topological polar surface area (TPSA) is 31.4 Å². The van der Waals surface area contributed by atoms with Crippen LogP contribution in [0, 0.1) is 17.6 Å². The standard InChI is InChI=1S/C29H35F8NO2/c1-3-5-6-7-9-18(30)15-40-24-13-10-17-14-22(38-28(35)25(17)29(24,36)37)19-11-12-23(27(34)26(19)33)39-16-21(32)20(31)8-4-2/h11-12,14,18,20-21,24H,3-10,13,15-16H2,1-2H3. The molecule has 1 aromatic carbocycles. The van der Waals surface area contributed by atoms with Crippen LogP contribution < -0.4 is 4.74 Å². The van der Waals surface area contributed by atoms with Gasteiger partial charge in [0.15, 0.2) is 17.7 Å². The maximum Gasteiger partial charge on any atom is 0.303 e. The molecule has 0 fully saturated rings. The number of aromatic nitrogens is 1. The zero-order valence-electron chi connectivity index (χ0n) is 22.6. The summed E-state index contributed by atoms with van der Waals surface area (Å²) in [4.78, 5) is 3.46. The van der Waals surface area contributed by atoms with Gasteiger partial charge in [-0.1, -0.05) is 46.0 Å². The Morgan fingerprint density at radius 1 is 0.925 bits per heavy atom. The van der Waals surface area contributed by atoms with E-state index in [0.717, 1.165) is 37.5 Å². The molecule has 3 rings (SSSR count). The molecule has 0 radical (unpaired) electrons. The lowest BCUT2D eigenvalue weighted by Crippen LogP contribution is -2.40. The molecule has 0 amide bonds. The summed E-state index contributed by atoms with van der Waals surface area (Å²) in [5, 5.41) is 0. The molecule has 224 valence electrons. The summed E-state index contributed by atoms with van der Waals surface area (Å²) < 4.78 is 126. The fourth-order valence-corrected chi connectivity index (χ4v) is 4.74. The Morgan fingerprint density at radius 2 is 1.68 bits per heavy atom. The third kappa shape index (κ3) is 7.64. The lowest BCUT2D eigenvalue weighted by atomic mass is 9.86. The van der Waals surface area contributed by atoms with E-state index in [1.807, 2.05) is 6.92 Å². The van der Waals surface area contributed by atoms with Crippen molar-refractivity contribution in [2.45, 2.75) is 102 Å². The number of benzene rings is 1. The molecule has 0 bridgehead atoms. The fraction of sp³-hybridized carbons (Fsp3) is 0.621. The van der Waals surface area contributed by atoms with Crippen LogP contribution in [0.4, 0.5) is 35.1 Å². The van der Waals surface area contributed by atoms with Gasteiger partial charge in [0.2, 0.25) is 11.8 Å². The largest absolute Gasteiger partial charge is 0.487 e. The maximum absolute atomic E-state index is 15.2. The van der Waals surface area contributed by atoms with E-state index in [9.17, 15) is 26.3 Å². The number of aryl methyl sites for hydroxylation is 1. The molecular formula is C29H35F8NO2. The van der Waals surface area contributed by atoms with Crippen molar-refractivity contribution in [3.63, 3.8) is 0 Å². The summed E-state index contributed by atoms with van der Waals surface area (Å²) in [5.41, 5.74) is -2.13. The molecule has 1 aliphatic rings. The number of hydrogen-bond acceptors (Lipinski definition) is 3. The first-order chi connectivity index (χ1) is 19.0. The quantitative estimate of drug-likeness (QED) is 0.120. The zero-order chi connectivity index (χ0) is 29.4. The van der Waals surface area contributed by atoms with Gasteiger partial charge in [-0.15, -0.1) is 0 Å². The molecule has 4 unspecified atom stereocenters. The molecular weight excluding hydrogens is 546 g/mol. The van der Waals surface area contributed by atoms with Crippen molar-refractivity contribution in [3.05, 3.63) is 46.9 Å². The van der Waals surface area contributed by atoms with Crippen molar-refractivity contribution in [3.8, 4) is 17.0 Å². The van der Waals surface area contributed by atoms with Crippen LogP contribution in [0.2, 0.25) is 0 Å². The van der Waals surface area contributed by atoms with Crippen molar-refractivity contribution in [1.82, 2.24) is 4.98 Å². The second kappa shape index (κ2) is 14.5. The van der Waals surface area contributed by atoms with Gasteiger partial charge >= 0.3 is 5.92 Å². The average Bonchev–Trinajstić information content (AvgIpc) is 2.90. The van der Waals surface area contributed by atoms with Crippen molar-refractivity contribution in [1.29, 1.82) is 0 Å². The third-order valence-corrected chi connectivity index (χ3v) is 7.00. The van der Waals surface area contributed by atoms with Crippen LogP contribution >= 0.6 is 0 Å². The first-order valence-corrected chi connectivity index (χ1v) is 13.7. The van der Waals surface area contributed by atoms with Crippen LogP contribution in [-0.2, 0) is 17.1 Å². The van der Waals surface area contributed by atoms with E-state index in [1.54, 1.807) is 6.92 Å². The molecule has 2 aromatic rings. The van der Waals surface area contributed by atoms with Crippen molar-refractivity contribution in [2.75, 3.05) is 13.2 Å². The summed E-state index contributed by atoms with van der Waals surface area (Å²) >= 11 is 0. The van der Waals surface area contributed by atoms with Gasteiger partial charge < -0.3 is 9.47 Å². The van der Waals surface area contributed by atoms with Crippen molar-refractivity contribution in [2.24, 2.45) is 0 Å². The second-order valence-corrected chi connectivity index (χ2v) is 10.1. The highest BCUT2D eigenvalue weighted by atomic mass is 19.3. The molecule has 3 nitrogen and oxygen atoms in total. The van der Waals surface area contributed by atoms with Gasteiger partial charge in [-0.2, -0.15) is 17.6 Å². The number of halogens is 8. The second-order valence-electron chi connectivity index (χ2n) is 10.1. The SMILES string of the molecule is CCCCCCC(F)COC1CCc2cc(-c3ccc(OCC(F)C(F)CCC)c(F)c3F)nc(F)c2C1(F)F. The van der Waals surface area contributed by atoms with E-state index in [2.05, 4.69) is 4.98 Å². The van der Waals surface area contributed by atoms with Crippen LogP contribution in [0.25, 0.3) is 11.3 Å². The molecule has 0 spiro atoms. The Hall–Kier alpha value is -2.43. The monoisotopic (exact) mass is 581 g/mol. The minimum absolute atomic E-state index is 0.0583. The number of rotatable bonds is 15. The van der Waals surface area contributed by atoms with E-state index in [4.69, 9.17) is 9.47 Å². The van der Waals surface area contributed by atoms with E-state index < -0.39 is 83.9 Å². The zero-order valence-corrected chi connectivity index (χ0v) is 22.6. The van der Waals surface area contributed by atoms with E-state index >= 15 is 8.78 Å². The van der Waals surface area contributed by atoms with Gasteiger partial charge in [-0.3, -0.25) is 0 Å².